The Morgan fingerprint density at radius 2 is 0.569 bits per heavy atom. The lowest BCUT2D eigenvalue weighted by molar-refractivity contribution is -0.167. The van der Waals surface area contributed by atoms with Gasteiger partial charge >= 0.3 is 17.9 Å². The van der Waals surface area contributed by atoms with Gasteiger partial charge in [0.05, 0.1) is 0 Å². The van der Waals surface area contributed by atoms with Crippen molar-refractivity contribution in [2.75, 3.05) is 13.2 Å². The predicted octanol–water partition coefficient (Wildman–Crippen LogP) is 16.5. The molecule has 0 aromatic rings. The maximum atomic E-state index is 12.7. The van der Waals surface area contributed by atoms with Crippen LogP contribution in [0.2, 0.25) is 0 Å². The smallest absolute Gasteiger partial charge is 0.306 e. The van der Waals surface area contributed by atoms with Crippen LogP contribution in [0.1, 0.15) is 285 Å². The van der Waals surface area contributed by atoms with Gasteiger partial charge in [-0.25, -0.2) is 0 Å². The number of rotatable bonds is 46. The molecule has 58 heavy (non-hydrogen) atoms. The Labute approximate surface area is 361 Å². The third-order valence-corrected chi connectivity index (χ3v) is 11.7. The van der Waals surface area contributed by atoms with E-state index >= 15 is 0 Å². The minimum atomic E-state index is -0.762. The highest BCUT2D eigenvalue weighted by Gasteiger charge is 2.19. The molecule has 0 N–H and O–H groups in total. The van der Waals surface area contributed by atoms with E-state index in [2.05, 4.69) is 34.6 Å². The summed E-state index contributed by atoms with van der Waals surface area (Å²) < 4.78 is 16.8. The first-order chi connectivity index (χ1) is 28.2. The number of esters is 3. The highest BCUT2D eigenvalue weighted by Crippen LogP contribution is 2.17. The summed E-state index contributed by atoms with van der Waals surface area (Å²) in [7, 11) is 0. The second-order valence-electron chi connectivity index (χ2n) is 18.8. The lowest BCUT2D eigenvalue weighted by Gasteiger charge is -2.18. The molecule has 0 heterocycles. The first kappa shape index (κ1) is 56.4. The largest absolute Gasteiger partial charge is 0.462 e. The van der Waals surface area contributed by atoms with Gasteiger partial charge in [0.1, 0.15) is 13.2 Å². The minimum absolute atomic E-state index is 0.0648. The Balaban J connectivity index is 4.24. The molecule has 0 saturated heterocycles. The Morgan fingerprint density at radius 1 is 0.328 bits per heavy atom. The third kappa shape index (κ3) is 45.5. The van der Waals surface area contributed by atoms with E-state index in [1.54, 1.807) is 0 Å². The average molecular weight is 821 g/mol. The van der Waals surface area contributed by atoms with Crippen molar-refractivity contribution in [1.29, 1.82) is 0 Å². The fourth-order valence-corrected chi connectivity index (χ4v) is 7.81. The van der Waals surface area contributed by atoms with E-state index in [4.69, 9.17) is 14.2 Å². The van der Waals surface area contributed by atoms with Crippen molar-refractivity contribution in [3.8, 4) is 0 Å². The van der Waals surface area contributed by atoms with E-state index in [1.165, 1.54) is 173 Å². The van der Waals surface area contributed by atoms with Gasteiger partial charge in [-0.2, -0.15) is 0 Å². The minimum Gasteiger partial charge on any atom is -0.462 e. The van der Waals surface area contributed by atoms with Crippen LogP contribution < -0.4 is 0 Å². The number of hydrogen-bond acceptors (Lipinski definition) is 6. The van der Waals surface area contributed by atoms with Gasteiger partial charge in [-0.1, -0.05) is 247 Å². The summed E-state index contributed by atoms with van der Waals surface area (Å²) in [5.74, 6) is 0.739. The van der Waals surface area contributed by atoms with Gasteiger partial charge in [0.25, 0.3) is 0 Å². The molecule has 0 spiro atoms. The van der Waals surface area contributed by atoms with Gasteiger partial charge in [0.2, 0.25) is 0 Å². The standard InChI is InChI=1S/C52H100O6/c1-6-7-8-9-10-11-12-13-14-15-16-20-23-26-32-37-42-50(53)56-45-49(58-52(55)44-39-34-29-28-31-36-41-48(4)5)46-57-51(54)43-38-33-27-24-21-18-17-19-22-25-30-35-40-47(2)3/h47-49H,6-46H2,1-5H3/t49-/m0/s1. The monoisotopic (exact) mass is 821 g/mol. The van der Waals surface area contributed by atoms with E-state index in [1.807, 2.05) is 0 Å². The van der Waals surface area contributed by atoms with Crippen LogP contribution in [-0.2, 0) is 28.6 Å². The van der Waals surface area contributed by atoms with Gasteiger partial charge in [-0.15, -0.1) is 0 Å². The number of carbonyl (C=O) groups excluding carboxylic acids is 3. The first-order valence-electron chi connectivity index (χ1n) is 25.7. The molecule has 344 valence electrons. The number of hydrogen-bond donors (Lipinski definition) is 0. The van der Waals surface area contributed by atoms with Gasteiger partial charge < -0.3 is 14.2 Å². The van der Waals surface area contributed by atoms with Gasteiger partial charge in [-0.05, 0) is 31.1 Å². The Bertz CT molecular complexity index is 885. The van der Waals surface area contributed by atoms with Crippen LogP contribution >= 0.6 is 0 Å². The maximum Gasteiger partial charge on any atom is 0.306 e. The molecule has 6 heteroatoms. The Hall–Kier alpha value is -1.59. The summed E-state index contributed by atoms with van der Waals surface area (Å²) in [6.07, 6.45) is 45.3. The van der Waals surface area contributed by atoms with Crippen molar-refractivity contribution in [1.82, 2.24) is 0 Å². The van der Waals surface area contributed by atoms with Crippen molar-refractivity contribution in [3.05, 3.63) is 0 Å². The average Bonchev–Trinajstić information content (AvgIpc) is 3.19. The third-order valence-electron chi connectivity index (χ3n) is 11.7. The van der Waals surface area contributed by atoms with Crippen molar-refractivity contribution in [2.24, 2.45) is 11.8 Å². The summed E-state index contributed by atoms with van der Waals surface area (Å²) in [5.41, 5.74) is 0. The molecule has 0 aliphatic rings. The van der Waals surface area contributed by atoms with Gasteiger partial charge in [0.15, 0.2) is 6.10 Å². The van der Waals surface area contributed by atoms with Crippen LogP contribution in [0, 0.1) is 11.8 Å². The summed E-state index contributed by atoms with van der Waals surface area (Å²) in [6, 6.07) is 0. The molecule has 0 aliphatic heterocycles. The van der Waals surface area contributed by atoms with Crippen LogP contribution in [0.5, 0.6) is 0 Å². The lowest BCUT2D eigenvalue weighted by atomic mass is 10.0. The Kier molecular flexibility index (Phi) is 43.7. The predicted molar refractivity (Wildman–Crippen MR) is 247 cm³/mol. The fourth-order valence-electron chi connectivity index (χ4n) is 7.81. The van der Waals surface area contributed by atoms with Gasteiger partial charge in [-0.3, -0.25) is 14.4 Å². The highest BCUT2D eigenvalue weighted by atomic mass is 16.6. The summed E-state index contributed by atoms with van der Waals surface area (Å²) >= 11 is 0. The zero-order chi connectivity index (χ0) is 42.6. The normalized spacial score (nSPS) is 12.1. The first-order valence-corrected chi connectivity index (χ1v) is 25.7. The molecule has 0 radical (unpaired) electrons. The molecule has 0 bridgehead atoms. The molecule has 1 atom stereocenters. The van der Waals surface area contributed by atoms with Gasteiger partial charge in [0, 0.05) is 19.3 Å². The molecule has 0 rings (SSSR count). The molecule has 0 aromatic carbocycles. The molecular formula is C52H100O6. The number of unbranched alkanes of at least 4 members (excludes halogenated alkanes) is 31. The molecule has 0 saturated carbocycles. The Morgan fingerprint density at radius 3 is 0.845 bits per heavy atom. The van der Waals surface area contributed by atoms with Crippen LogP contribution in [0.3, 0.4) is 0 Å². The SMILES string of the molecule is CCCCCCCCCCCCCCCCCCC(=O)OC[C@@H](COC(=O)CCCCCCCCCCCCCCC(C)C)OC(=O)CCCCCCCCC(C)C. The second kappa shape index (κ2) is 44.9. The van der Waals surface area contributed by atoms with Crippen LogP contribution in [0.15, 0.2) is 0 Å². The second-order valence-corrected chi connectivity index (χ2v) is 18.8. The van der Waals surface area contributed by atoms with Crippen molar-refractivity contribution < 1.29 is 28.6 Å². The molecular weight excluding hydrogens is 721 g/mol. The number of ether oxygens (including phenoxy) is 3. The van der Waals surface area contributed by atoms with Crippen molar-refractivity contribution in [3.63, 3.8) is 0 Å². The lowest BCUT2D eigenvalue weighted by Crippen LogP contribution is -2.30. The molecule has 0 fully saturated rings. The maximum absolute atomic E-state index is 12.7. The van der Waals surface area contributed by atoms with E-state index in [0.717, 1.165) is 69.6 Å². The number of carbonyl (C=O) groups is 3. The fraction of sp³-hybridized carbons (Fsp3) is 0.942. The van der Waals surface area contributed by atoms with Crippen LogP contribution in [0.25, 0.3) is 0 Å². The molecule has 0 unspecified atom stereocenters. The van der Waals surface area contributed by atoms with E-state index in [-0.39, 0.29) is 31.1 Å². The topological polar surface area (TPSA) is 78.9 Å². The molecule has 6 nitrogen and oxygen atoms in total. The molecule has 0 aliphatic carbocycles. The molecule has 0 aromatic heterocycles. The van der Waals surface area contributed by atoms with Crippen LogP contribution in [-0.4, -0.2) is 37.2 Å². The van der Waals surface area contributed by atoms with Crippen LogP contribution in [0.4, 0.5) is 0 Å². The van der Waals surface area contributed by atoms with E-state index in [9.17, 15) is 14.4 Å². The van der Waals surface area contributed by atoms with E-state index in [0.29, 0.717) is 19.3 Å². The van der Waals surface area contributed by atoms with E-state index < -0.39 is 6.10 Å². The summed E-state index contributed by atoms with van der Waals surface area (Å²) in [6.45, 7) is 11.3. The summed E-state index contributed by atoms with van der Waals surface area (Å²) in [4.78, 5) is 37.9. The highest BCUT2D eigenvalue weighted by molar-refractivity contribution is 5.71. The zero-order valence-corrected chi connectivity index (χ0v) is 39.7. The van der Waals surface area contributed by atoms with Crippen molar-refractivity contribution in [2.45, 2.75) is 291 Å². The summed E-state index contributed by atoms with van der Waals surface area (Å²) in [5, 5.41) is 0. The quantitative estimate of drug-likeness (QED) is 0.0346. The zero-order valence-electron chi connectivity index (χ0n) is 39.7. The molecule has 0 amide bonds. The van der Waals surface area contributed by atoms with Crippen molar-refractivity contribution >= 4 is 17.9 Å².